The maximum absolute atomic E-state index is 9.04. The average Bonchev–Trinajstić information content (AvgIpc) is 2.04. The molecule has 3 nitrogen and oxygen atoms in total. The Morgan fingerprint density at radius 3 is 2.58 bits per heavy atom. The molecule has 1 fully saturated rings. The zero-order valence-corrected chi connectivity index (χ0v) is 6.77. The number of hydrogen-bond acceptors (Lipinski definition) is 3. The molecule has 64 valence electrons. The van der Waals surface area contributed by atoms with Crippen LogP contribution in [0, 0.1) is 0 Å². The Kier molecular flexibility index (Phi) is 1.96. The molecule has 1 saturated carbocycles. The van der Waals surface area contributed by atoms with Gasteiger partial charge in [-0.05, 0) is 25.0 Å². The standard InChI is InChI=1S/C9H12N2O/c12-9-5-8(6-9)11-7-1-3-10-4-2-7/h1-4,8-9,12H,5-6H2,(H,10,11). The van der Waals surface area contributed by atoms with Crippen molar-refractivity contribution in [2.24, 2.45) is 0 Å². The third kappa shape index (κ3) is 1.56. The van der Waals surface area contributed by atoms with Crippen LogP contribution in [0.25, 0.3) is 0 Å². The Balaban J connectivity index is 1.88. The topological polar surface area (TPSA) is 45.1 Å². The highest BCUT2D eigenvalue weighted by Crippen LogP contribution is 2.23. The number of aliphatic hydroxyl groups excluding tert-OH is 1. The Morgan fingerprint density at radius 1 is 1.33 bits per heavy atom. The summed E-state index contributed by atoms with van der Waals surface area (Å²) in [6.07, 6.45) is 5.16. The Morgan fingerprint density at radius 2 is 2.00 bits per heavy atom. The van der Waals surface area contributed by atoms with Crippen molar-refractivity contribution in [2.45, 2.75) is 25.0 Å². The summed E-state index contributed by atoms with van der Waals surface area (Å²) in [6.45, 7) is 0. The largest absolute Gasteiger partial charge is 0.393 e. The quantitative estimate of drug-likeness (QED) is 0.685. The molecule has 12 heavy (non-hydrogen) atoms. The maximum Gasteiger partial charge on any atom is 0.0579 e. The van der Waals surface area contributed by atoms with E-state index in [1.54, 1.807) is 12.4 Å². The molecule has 0 aromatic carbocycles. The molecule has 1 aromatic heterocycles. The second-order valence-corrected chi connectivity index (χ2v) is 3.20. The van der Waals surface area contributed by atoms with Gasteiger partial charge < -0.3 is 10.4 Å². The molecule has 0 radical (unpaired) electrons. The third-order valence-corrected chi connectivity index (χ3v) is 2.16. The molecule has 2 N–H and O–H groups in total. The molecule has 1 aromatic rings. The number of pyridine rings is 1. The summed E-state index contributed by atoms with van der Waals surface area (Å²) in [5.74, 6) is 0. The summed E-state index contributed by atoms with van der Waals surface area (Å²) in [5, 5.41) is 12.4. The van der Waals surface area contributed by atoms with Crippen LogP contribution >= 0.6 is 0 Å². The lowest BCUT2D eigenvalue weighted by atomic mass is 9.89. The molecule has 3 heteroatoms. The van der Waals surface area contributed by atoms with Crippen molar-refractivity contribution < 1.29 is 5.11 Å². The van der Waals surface area contributed by atoms with E-state index in [9.17, 15) is 0 Å². The van der Waals surface area contributed by atoms with E-state index in [1.807, 2.05) is 12.1 Å². The summed E-state index contributed by atoms with van der Waals surface area (Å²) in [6, 6.07) is 4.32. The van der Waals surface area contributed by atoms with Crippen molar-refractivity contribution in [1.29, 1.82) is 0 Å². The molecule has 0 saturated heterocycles. The van der Waals surface area contributed by atoms with E-state index in [1.165, 1.54) is 0 Å². The second-order valence-electron chi connectivity index (χ2n) is 3.20. The van der Waals surface area contributed by atoms with Crippen molar-refractivity contribution >= 4 is 5.69 Å². The van der Waals surface area contributed by atoms with Gasteiger partial charge in [0.05, 0.1) is 6.10 Å². The lowest BCUT2D eigenvalue weighted by Crippen LogP contribution is -2.38. The SMILES string of the molecule is OC1CC(Nc2ccncc2)C1. The van der Waals surface area contributed by atoms with E-state index in [4.69, 9.17) is 5.11 Å². The Hall–Kier alpha value is -1.09. The van der Waals surface area contributed by atoms with E-state index in [-0.39, 0.29) is 6.10 Å². The summed E-state index contributed by atoms with van der Waals surface area (Å²) in [7, 11) is 0. The second kappa shape index (κ2) is 3.11. The normalized spacial score (nSPS) is 27.8. The molecule has 0 amide bonds. The van der Waals surface area contributed by atoms with Gasteiger partial charge in [-0.1, -0.05) is 0 Å². The van der Waals surface area contributed by atoms with Crippen LogP contribution in [0.15, 0.2) is 24.5 Å². The lowest BCUT2D eigenvalue weighted by Gasteiger charge is -2.32. The van der Waals surface area contributed by atoms with Gasteiger partial charge in [0.1, 0.15) is 0 Å². The maximum atomic E-state index is 9.04. The van der Waals surface area contributed by atoms with E-state index in [0.29, 0.717) is 6.04 Å². The predicted molar refractivity (Wildman–Crippen MR) is 46.9 cm³/mol. The fraction of sp³-hybridized carbons (Fsp3) is 0.444. The van der Waals surface area contributed by atoms with Crippen LogP contribution in [-0.2, 0) is 0 Å². The zero-order chi connectivity index (χ0) is 8.39. The highest BCUT2D eigenvalue weighted by Gasteiger charge is 2.26. The van der Waals surface area contributed by atoms with Gasteiger partial charge in [-0.2, -0.15) is 0 Å². The molecule has 1 heterocycles. The summed E-state index contributed by atoms with van der Waals surface area (Å²) in [4.78, 5) is 3.92. The number of hydrogen-bond donors (Lipinski definition) is 2. The van der Waals surface area contributed by atoms with Gasteiger partial charge in [-0.25, -0.2) is 0 Å². The number of rotatable bonds is 2. The Labute approximate surface area is 71.4 Å². The average molecular weight is 164 g/mol. The molecule has 1 aliphatic carbocycles. The van der Waals surface area contributed by atoms with Crippen LogP contribution in [0.2, 0.25) is 0 Å². The van der Waals surface area contributed by atoms with Crippen LogP contribution in [0.4, 0.5) is 5.69 Å². The fourth-order valence-corrected chi connectivity index (χ4v) is 1.39. The molecule has 0 bridgehead atoms. The molecular formula is C9H12N2O. The molecule has 0 spiro atoms. The first kappa shape index (κ1) is 7.55. The van der Waals surface area contributed by atoms with Crippen LogP contribution < -0.4 is 5.32 Å². The van der Waals surface area contributed by atoms with Gasteiger partial charge >= 0.3 is 0 Å². The minimum absolute atomic E-state index is 0.0932. The number of anilines is 1. The first-order chi connectivity index (χ1) is 5.84. The number of nitrogens with one attached hydrogen (secondary N) is 1. The van der Waals surface area contributed by atoms with Gasteiger partial charge in [0.15, 0.2) is 0 Å². The smallest absolute Gasteiger partial charge is 0.0579 e. The van der Waals surface area contributed by atoms with E-state index in [0.717, 1.165) is 18.5 Å². The van der Waals surface area contributed by atoms with Crippen molar-refractivity contribution in [3.8, 4) is 0 Å². The van der Waals surface area contributed by atoms with E-state index in [2.05, 4.69) is 10.3 Å². The van der Waals surface area contributed by atoms with E-state index >= 15 is 0 Å². The molecule has 2 rings (SSSR count). The minimum atomic E-state index is -0.0932. The molecule has 1 aliphatic rings. The summed E-state index contributed by atoms with van der Waals surface area (Å²) < 4.78 is 0. The minimum Gasteiger partial charge on any atom is -0.393 e. The van der Waals surface area contributed by atoms with Crippen LogP contribution in [0.1, 0.15) is 12.8 Å². The number of nitrogens with zero attached hydrogens (tertiary/aromatic N) is 1. The van der Waals surface area contributed by atoms with Crippen molar-refractivity contribution in [3.63, 3.8) is 0 Å². The summed E-state index contributed by atoms with van der Waals surface area (Å²) in [5.41, 5.74) is 1.09. The van der Waals surface area contributed by atoms with E-state index < -0.39 is 0 Å². The van der Waals surface area contributed by atoms with Crippen LogP contribution in [0.5, 0.6) is 0 Å². The van der Waals surface area contributed by atoms with Crippen molar-refractivity contribution in [1.82, 2.24) is 4.98 Å². The van der Waals surface area contributed by atoms with Crippen molar-refractivity contribution in [2.75, 3.05) is 5.32 Å². The highest BCUT2D eigenvalue weighted by molar-refractivity contribution is 5.42. The first-order valence-electron chi connectivity index (χ1n) is 4.19. The fourth-order valence-electron chi connectivity index (χ4n) is 1.39. The lowest BCUT2D eigenvalue weighted by molar-refractivity contribution is 0.0836. The Bertz CT molecular complexity index is 244. The van der Waals surface area contributed by atoms with Crippen LogP contribution in [-0.4, -0.2) is 22.2 Å². The van der Waals surface area contributed by atoms with Crippen molar-refractivity contribution in [3.05, 3.63) is 24.5 Å². The highest BCUT2D eigenvalue weighted by atomic mass is 16.3. The predicted octanol–water partition coefficient (Wildman–Crippen LogP) is 1.02. The molecule has 0 atom stereocenters. The van der Waals surface area contributed by atoms with Gasteiger partial charge in [-0.15, -0.1) is 0 Å². The number of aromatic nitrogens is 1. The van der Waals surface area contributed by atoms with Gasteiger partial charge in [0.2, 0.25) is 0 Å². The zero-order valence-electron chi connectivity index (χ0n) is 6.77. The number of aliphatic hydroxyl groups is 1. The van der Waals surface area contributed by atoms with Gasteiger partial charge in [0, 0.05) is 24.1 Å². The van der Waals surface area contributed by atoms with Crippen LogP contribution in [0.3, 0.4) is 0 Å². The molecule has 0 aliphatic heterocycles. The van der Waals surface area contributed by atoms with Gasteiger partial charge in [-0.3, -0.25) is 4.98 Å². The third-order valence-electron chi connectivity index (χ3n) is 2.16. The first-order valence-corrected chi connectivity index (χ1v) is 4.19. The monoisotopic (exact) mass is 164 g/mol. The molecular weight excluding hydrogens is 152 g/mol. The van der Waals surface area contributed by atoms with Gasteiger partial charge in [0.25, 0.3) is 0 Å². The summed E-state index contributed by atoms with van der Waals surface area (Å²) >= 11 is 0. The molecule has 0 unspecified atom stereocenters.